The Hall–Kier alpha value is -2.88. The lowest BCUT2D eigenvalue weighted by Crippen LogP contribution is -2.21. The zero-order valence-electron chi connectivity index (χ0n) is 13.1. The normalized spacial score (nSPS) is 19.0. The molecule has 0 saturated heterocycles. The van der Waals surface area contributed by atoms with Crippen molar-refractivity contribution in [1.82, 2.24) is 4.98 Å². The van der Waals surface area contributed by atoms with Gasteiger partial charge in [-0.3, -0.25) is 0 Å². The molecule has 2 heterocycles. The van der Waals surface area contributed by atoms with E-state index in [1.807, 2.05) is 0 Å². The van der Waals surface area contributed by atoms with Gasteiger partial charge >= 0.3 is 6.18 Å². The molecule has 1 aliphatic heterocycles. The predicted molar refractivity (Wildman–Crippen MR) is 83.2 cm³/mol. The molecular formula is C18H12F4N2O. The number of halogens is 4. The Morgan fingerprint density at radius 2 is 1.96 bits per heavy atom. The fraction of sp³-hybridized carbons (Fsp3) is 0.222. The largest absolute Gasteiger partial charge is 0.489 e. The van der Waals surface area contributed by atoms with Gasteiger partial charge in [-0.25, -0.2) is 9.37 Å². The van der Waals surface area contributed by atoms with Crippen LogP contribution in [0.15, 0.2) is 36.9 Å². The minimum atomic E-state index is -4.66. The van der Waals surface area contributed by atoms with Crippen LogP contribution in [0.3, 0.4) is 0 Å². The van der Waals surface area contributed by atoms with Crippen LogP contribution in [0.4, 0.5) is 17.6 Å². The van der Waals surface area contributed by atoms with E-state index in [-0.39, 0.29) is 18.1 Å². The average molecular weight is 348 g/mol. The quantitative estimate of drug-likeness (QED) is 0.743. The van der Waals surface area contributed by atoms with Gasteiger partial charge in [-0.15, -0.1) is 0 Å². The number of rotatable bonds is 2. The minimum Gasteiger partial charge on any atom is -0.489 e. The fourth-order valence-electron chi connectivity index (χ4n) is 2.58. The molecule has 0 spiro atoms. The van der Waals surface area contributed by atoms with Crippen molar-refractivity contribution in [3.05, 3.63) is 54.0 Å². The van der Waals surface area contributed by atoms with Gasteiger partial charge in [0, 0.05) is 11.1 Å². The van der Waals surface area contributed by atoms with Crippen LogP contribution in [0.1, 0.15) is 18.2 Å². The summed E-state index contributed by atoms with van der Waals surface area (Å²) in [5, 5.41) is 9.41. The molecule has 1 atom stereocenters. The third kappa shape index (κ3) is 2.84. The van der Waals surface area contributed by atoms with Gasteiger partial charge in [0.05, 0.1) is 17.3 Å². The highest BCUT2D eigenvalue weighted by Gasteiger charge is 2.41. The van der Waals surface area contributed by atoms with Crippen LogP contribution < -0.4 is 4.74 Å². The maximum Gasteiger partial charge on any atom is 0.417 e. The molecule has 128 valence electrons. The van der Waals surface area contributed by atoms with E-state index in [4.69, 9.17) is 4.74 Å². The second kappa shape index (κ2) is 5.59. The topological polar surface area (TPSA) is 45.9 Å². The summed E-state index contributed by atoms with van der Waals surface area (Å²) in [6.07, 6.45) is -4.66. The molecule has 1 aliphatic rings. The van der Waals surface area contributed by atoms with Crippen LogP contribution in [-0.2, 0) is 5.41 Å². The number of fused-ring (bicyclic) bond motifs is 1. The molecule has 0 saturated carbocycles. The lowest BCUT2D eigenvalue weighted by molar-refractivity contribution is -0.0688. The molecule has 3 nitrogen and oxygen atoms in total. The molecule has 0 amide bonds. The molecule has 1 aromatic heterocycles. The predicted octanol–water partition coefficient (Wildman–Crippen LogP) is 4.64. The number of benzene rings is 1. The molecular weight excluding hydrogens is 336 g/mol. The highest BCUT2D eigenvalue weighted by molar-refractivity contribution is 5.76. The Bertz CT molecular complexity index is 897. The number of hydrogen-bond donors (Lipinski definition) is 0. The average Bonchev–Trinajstić information content (AvgIpc) is 2.91. The maximum absolute atomic E-state index is 13.2. The Morgan fingerprint density at radius 3 is 2.52 bits per heavy atom. The van der Waals surface area contributed by atoms with E-state index in [0.29, 0.717) is 11.1 Å². The lowest BCUT2D eigenvalue weighted by Gasteiger charge is -2.16. The smallest absolute Gasteiger partial charge is 0.417 e. The van der Waals surface area contributed by atoms with Crippen LogP contribution in [-0.4, -0.2) is 17.8 Å². The number of ether oxygens (including phenoxy) is 1. The van der Waals surface area contributed by atoms with E-state index in [1.165, 1.54) is 30.3 Å². The molecule has 1 unspecified atom stereocenters. The fourth-order valence-corrected chi connectivity index (χ4v) is 2.58. The Balaban J connectivity index is 2.27. The van der Waals surface area contributed by atoms with Crippen LogP contribution in [0, 0.1) is 17.1 Å². The molecule has 2 aromatic rings. The number of allylic oxidation sites excluding steroid dienone is 1. The van der Waals surface area contributed by atoms with Crippen molar-refractivity contribution in [3.63, 3.8) is 0 Å². The van der Waals surface area contributed by atoms with Crippen LogP contribution in [0.25, 0.3) is 16.8 Å². The molecule has 7 heteroatoms. The molecule has 0 aliphatic carbocycles. The van der Waals surface area contributed by atoms with Crippen molar-refractivity contribution in [3.8, 4) is 23.1 Å². The van der Waals surface area contributed by atoms with Gasteiger partial charge in [0.1, 0.15) is 23.5 Å². The highest BCUT2D eigenvalue weighted by Crippen LogP contribution is 2.45. The molecule has 0 bridgehead atoms. The zero-order valence-corrected chi connectivity index (χ0v) is 13.1. The van der Waals surface area contributed by atoms with Crippen LogP contribution in [0.2, 0.25) is 0 Å². The molecule has 1 aromatic carbocycles. The minimum absolute atomic E-state index is 0.00332. The first kappa shape index (κ1) is 17.0. The number of alkyl halides is 3. The molecule has 25 heavy (non-hydrogen) atoms. The zero-order chi connectivity index (χ0) is 18.4. The summed E-state index contributed by atoms with van der Waals surface area (Å²) in [5.74, 6) is -0.256. The Morgan fingerprint density at radius 1 is 1.32 bits per heavy atom. The molecule has 0 fully saturated rings. The summed E-state index contributed by atoms with van der Waals surface area (Å²) in [6.45, 7) is 4.65. The van der Waals surface area contributed by atoms with Crippen molar-refractivity contribution in [1.29, 1.82) is 5.26 Å². The third-order valence-electron chi connectivity index (χ3n) is 4.09. The summed E-state index contributed by atoms with van der Waals surface area (Å²) in [4.78, 5) is 4.03. The van der Waals surface area contributed by atoms with Gasteiger partial charge < -0.3 is 4.74 Å². The van der Waals surface area contributed by atoms with Gasteiger partial charge in [0.15, 0.2) is 5.75 Å². The third-order valence-corrected chi connectivity index (χ3v) is 4.09. The van der Waals surface area contributed by atoms with Crippen molar-refractivity contribution in [2.75, 3.05) is 6.61 Å². The molecule has 0 N–H and O–H groups in total. The van der Waals surface area contributed by atoms with E-state index in [1.54, 1.807) is 6.92 Å². The monoisotopic (exact) mass is 348 g/mol. The summed E-state index contributed by atoms with van der Waals surface area (Å²) in [7, 11) is 0. The van der Waals surface area contributed by atoms with Gasteiger partial charge in [-0.2, -0.15) is 18.4 Å². The van der Waals surface area contributed by atoms with E-state index < -0.39 is 28.7 Å². The number of nitriles is 1. The summed E-state index contributed by atoms with van der Waals surface area (Å²) in [5.41, 5.74) is -1.80. The van der Waals surface area contributed by atoms with Gasteiger partial charge in [0.2, 0.25) is 0 Å². The van der Waals surface area contributed by atoms with Crippen molar-refractivity contribution in [2.24, 2.45) is 0 Å². The van der Waals surface area contributed by atoms with Gasteiger partial charge in [-0.1, -0.05) is 6.58 Å². The second-order valence-corrected chi connectivity index (χ2v) is 5.95. The van der Waals surface area contributed by atoms with E-state index in [2.05, 4.69) is 17.6 Å². The van der Waals surface area contributed by atoms with Crippen molar-refractivity contribution >= 4 is 5.57 Å². The Labute approximate surface area is 141 Å². The molecule has 3 rings (SSSR count). The number of nitrogens with zero attached hydrogens (tertiary/aromatic N) is 2. The number of aromatic nitrogens is 1. The number of hydrogen-bond acceptors (Lipinski definition) is 3. The first-order valence-corrected chi connectivity index (χ1v) is 7.28. The van der Waals surface area contributed by atoms with E-state index in [0.717, 1.165) is 0 Å². The summed E-state index contributed by atoms with van der Waals surface area (Å²) >= 11 is 0. The van der Waals surface area contributed by atoms with Gasteiger partial charge in [0.25, 0.3) is 0 Å². The van der Waals surface area contributed by atoms with Crippen LogP contribution >= 0.6 is 0 Å². The van der Waals surface area contributed by atoms with E-state index in [9.17, 15) is 22.8 Å². The first-order valence-electron chi connectivity index (χ1n) is 7.28. The van der Waals surface area contributed by atoms with Crippen molar-refractivity contribution < 1.29 is 22.3 Å². The molecule has 0 radical (unpaired) electrons. The SMILES string of the molecule is C=C(c1cc2c(c(-c3ccc(F)cc3)n1)OCC2(C)C#N)C(F)(F)F. The Kier molecular flexibility index (Phi) is 3.79. The van der Waals surface area contributed by atoms with Crippen LogP contribution in [0.5, 0.6) is 5.75 Å². The maximum atomic E-state index is 13.2. The van der Waals surface area contributed by atoms with Gasteiger partial charge in [-0.05, 0) is 37.3 Å². The standard InChI is InChI=1S/C18H12F4N2O/c1-10(18(20,21)22)14-7-13-16(25-9-17(13,2)8-23)15(24-14)11-3-5-12(19)6-4-11/h3-7H,1,9H2,2H3. The van der Waals surface area contributed by atoms with E-state index >= 15 is 0 Å². The summed E-state index contributed by atoms with van der Waals surface area (Å²) < 4.78 is 57.9. The second-order valence-electron chi connectivity index (χ2n) is 5.95. The van der Waals surface area contributed by atoms with Crippen molar-refractivity contribution in [2.45, 2.75) is 18.5 Å². The first-order chi connectivity index (χ1) is 11.7. The summed E-state index contributed by atoms with van der Waals surface area (Å²) in [6, 6.07) is 8.39. The lowest BCUT2D eigenvalue weighted by atomic mass is 9.85. The highest BCUT2D eigenvalue weighted by atomic mass is 19.4. The number of pyridine rings is 1.